The quantitative estimate of drug-likeness (QED) is 0.490. The number of alkyl carbamates (subject to hydrolysis) is 1. The molecule has 2 unspecified atom stereocenters. The van der Waals surface area contributed by atoms with E-state index in [9.17, 15) is 19.5 Å². The van der Waals surface area contributed by atoms with E-state index in [4.69, 9.17) is 4.74 Å². The third-order valence-electron chi connectivity index (χ3n) is 4.60. The van der Waals surface area contributed by atoms with Crippen LogP contribution in [0.5, 0.6) is 0 Å². The van der Waals surface area contributed by atoms with E-state index in [0.29, 0.717) is 12.1 Å². The summed E-state index contributed by atoms with van der Waals surface area (Å²) in [6, 6.07) is 5.44. The average Bonchev–Trinajstić information content (AvgIpc) is 2.67. The number of carbonyl (C=O) groups is 3. The summed E-state index contributed by atoms with van der Waals surface area (Å²) in [5, 5.41) is 15.0. The van der Waals surface area contributed by atoms with Crippen LogP contribution in [0.15, 0.2) is 24.3 Å². The number of aliphatic hydroxyl groups excluding tert-OH is 1. The van der Waals surface area contributed by atoms with Gasteiger partial charge < -0.3 is 25.4 Å². The molecule has 0 aromatic heterocycles. The lowest BCUT2D eigenvalue weighted by Crippen LogP contribution is -2.52. The van der Waals surface area contributed by atoms with Crippen LogP contribution in [0.4, 0.5) is 4.79 Å². The highest BCUT2D eigenvalue weighted by Crippen LogP contribution is 2.25. The molecule has 174 valence electrons. The summed E-state index contributed by atoms with van der Waals surface area (Å²) in [5.41, 5.74) is 0.810. The van der Waals surface area contributed by atoms with E-state index in [1.807, 2.05) is 26.0 Å². The predicted molar refractivity (Wildman–Crippen MR) is 119 cm³/mol. The first-order chi connectivity index (χ1) is 14.5. The summed E-state index contributed by atoms with van der Waals surface area (Å²) in [4.78, 5) is 39.8. The monoisotopic (exact) mass is 435 g/mol. The highest BCUT2D eigenvalue weighted by atomic mass is 16.6. The van der Waals surface area contributed by atoms with Gasteiger partial charge in [-0.3, -0.25) is 9.59 Å². The smallest absolute Gasteiger partial charge is 0.408 e. The maximum atomic E-state index is 13.3. The van der Waals surface area contributed by atoms with Crippen LogP contribution >= 0.6 is 0 Å². The molecule has 0 saturated heterocycles. The van der Waals surface area contributed by atoms with Gasteiger partial charge in [-0.2, -0.15) is 0 Å². The molecule has 0 aliphatic heterocycles. The number of aryl methyl sites for hydroxylation is 1. The molecule has 8 nitrogen and oxygen atoms in total. The Morgan fingerprint density at radius 2 is 1.84 bits per heavy atom. The van der Waals surface area contributed by atoms with Gasteiger partial charge in [0.1, 0.15) is 17.7 Å². The molecule has 0 radical (unpaired) electrons. The Hall–Kier alpha value is -2.61. The Balaban J connectivity index is 3.19. The summed E-state index contributed by atoms with van der Waals surface area (Å²) in [6.07, 6.45) is 1.01. The number of hydrogen-bond donors (Lipinski definition) is 3. The fraction of sp³-hybridized carbons (Fsp3) is 0.609. The fourth-order valence-corrected chi connectivity index (χ4v) is 3.10. The van der Waals surface area contributed by atoms with Crippen LogP contribution in [-0.4, -0.2) is 59.3 Å². The van der Waals surface area contributed by atoms with Gasteiger partial charge in [0.2, 0.25) is 11.8 Å². The number of amides is 3. The molecule has 0 aliphatic rings. The second-order valence-corrected chi connectivity index (χ2v) is 8.53. The van der Waals surface area contributed by atoms with Crippen molar-refractivity contribution < 1.29 is 24.2 Å². The second-order valence-electron chi connectivity index (χ2n) is 8.53. The molecule has 1 rings (SSSR count). The van der Waals surface area contributed by atoms with Crippen LogP contribution in [0, 0.1) is 6.92 Å². The second kappa shape index (κ2) is 12.3. The van der Waals surface area contributed by atoms with E-state index >= 15 is 0 Å². The Morgan fingerprint density at radius 1 is 1.19 bits per heavy atom. The molecule has 0 bridgehead atoms. The van der Waals surface area contributed by atoms with E-state index in [0.717, 1.165) is 18.4 Å². The van der Waals surface area contributed by atoms with Crippen LogP contribution in [0.2, 0.25) is 0 Å². The molecular formula is C23H37N3O5. The molecule has 0 saturated carbocycles. The molecular weight excluding hydrogens is 398 g/mol. The van der Waals surface area contributed by atoms with E-state index in [2.05, 4.69) is 10.6 Å². The third kappa shape index (κ3) is 8.57. The van der Waals surface area contributed by atoms with E-state index < -0.39 is 29.7 Å². The molecule has 0 spiro atoms. The van der Waals surface area contributed by atoms with Gasteiger partial charge in [0.15, 0.2) is 0 Å². The Kier molecular flexibility index (Phi) is 10.5. The zero-order valence-electron chi connectivity index (χ0n) is 19.5. The van der Waals surface area contributed by atoms with Gasteiger partial charge in [0.05, 0.1) is 6.61 Å². The summed E-state index contributed by atoms with van der Waals surface area (Å²) < 4.78 is 5.23. The topological polar surface area (TPSA) is 108 Å². The number of carbonyl (C=O) groups excluding carboxylic acids is 3. The first-order valence-corrected chi connectivity index (χ1v) is 10.8. The Bertz CT molecular complexity index is 745. The zero-order chi connectivity index (χ0) is 23.6. The minimum absolute atomic E-state index is 0.0562. The number of unbranched alkanes of at least 4 members (excludes halogenated alkanes) is 1. The van der Waals surface area contributed by atoms with Crippen molar-refractivity contribution in [2.24, 2.45) is 0 Å². The van der Waals surface area contributed by atoms with Crippen molar-refractivity contribution in [2.75, 3.05) is 19.7 Å². The lowest BCUT2D eigenvalue weighted by Gasteiger charge is -2.34. The first kappa shape index (κ1) is 26.4. The first-order valence-electron chi connectivity index (χ1n) is 10.8. The van der Waals surface area contributed by atoms with Crippen molar-refractivity contribution in [1.29, 1.82) is 0 Å². The van der Waals surface area contributed by atoms with E-state index in [1.54, 1.807) is 32.9 Å². The van der Waals surface area contributed by atoms with Crippen LogP contribution < -0.4 is 10.6 Å². The molecule has 2 atom stereocenters. The van der Waals surface area contributed by atoms with Crippen molar-refractivity contribution in [3.8, 4) is 0 Å². The van der Waals surface area contributed by atoms with Crippen LogP contribution in [0.25, 0.3) is 0 Å². The van der Waals surface area contributed by atoms with Crippen molar-refractivity contribution in [2.45, 2.75) is 72.1 Å². The third-order valence-corrected chi connectivity index (χ3v) is 4.60. The largest absolute Gasteiger partial charge is 0.444 e. The van der Waals surface area contributed by atoms with Gasteiger partial charge in [-0.05, 0) is 52.2 Å². The van der Waals surface area contributed by atoms with Crippen molar-refractivity contribution >= 4 is 17.9 Å². The summed E-state index contributed by atoms with van der Waals surface area (Å²) >= 11 is 0. The minimum atomic E-state index is -0.948. The zero-order valence-corrected chi connectivity index (χ0v) is 19.5. The molecule has 8 heteroatoms. The van der Waals surface area contributed by atoms with Gasteiger partial charge in [-0.15, -0.1) is 0 Å². The lowest BCUT2D eigenvalue weighted by atomic mass is 9.98. The highest BCUT2D eigenvalue weighted by Gasteiger charge is 2.34. The standard InChI is InChI=1S/C23H37N3O5/c1-7-8-13-24-20(28)19(18-12-10-9-11-16(18)2)26(14-15-27)21(29)17(3)25-22(30)31-23(4,5)6/h9-12,17,19,27H,7-8,13-15H2,1-6H3,(H,24,28)(H,25,30). The molecule has 1 aromatic rings. The summed E-state index contributed by atoms with van der Waals surface area (Å²) in [6.45, 7) is 10.7. The van der Waals surface area contributed by atoms with Crippen molar-refractivity contribution in [1.82, 2.24) is 15.5 Å². The van der Waals surface area contributed by atoms with E-state index in [1.165, 1.54) is 11.8 Å². The number of rotatable bonds is 10. The maximum Gasteiger partial charge on any atom is 0.408 e. The minimum Gasteiger partial charge on any atom is -0.444 e. The number of nitrogens with zero attached hydrogens (tertiary/aromatic N) is 1. The summed E-state index contributed by atoms with van der Waals surface area (Å²) in [5.74, 6) is -0.812. The fourth-order valence-electron chi connectivity index (χ4n) is 3.10. The van der Waals surface area contributed by atoms with Gasteiger partial charge in [-0.25, -0.2) is 4.79 Å². The molecule has 0 heterocycles. The van der Waals surface area contributed by atoms with Crippen molar-refractivity contribution in [3.05, 3.63) is 35.4 Å². The summed E-state index contributed by atoms with van der Waals surface area (Å²) in [7, 11) is 0. The van der Waals surface area contributed by atoms with Crippen molar-refractivity contribution in [3.63, 3.8) is 0 Å². The number of ether oxygens (including phenoxy) is 1. The number of hydrogen-bond acceptors (Lipinski definition) is 5. The van der Waals surface area contributed by atoms with Crippen LogP contribution in [0.1, 0.15) is 64.6 Å². The molecule has 0 fully saturated rings. The molecule has 31 heavy (non-hydrogen) atoms. The lowest BCUT2D eigenvalue weighted by molar-refractivity contribution is -0.142. The SMILES string of the molecule is CCCCNC(=O)C(c1ccccc1C)N(CCO)C(=O)C(C)NC(=O)OC(C)(C)C. The average molecular weight is 436 g/mol. The van der Waals surface area contributed by atoms with Gasteiger partial charge in [0.25, 0.3) is 0 Å². The highest BCUT2D eigenvalue weighted by molar-refractivity contribution is 5.92. The Labute approximate surface area is 185 Å². The number of benzene rings is 1. The maximum absolute atomic E-state index is 13.3. The molecule has 3 amide bonds. The molecule has 1 aromatic carbocycles. The molecule has 3 N–H and O–H groups in total. The predicted octanol–water partition coefficient (Wildman–Crippen LogP) is 2.69. The Morgan fingerprint density at radius 3 is 2.39 bits per heavy atom. The number of aliphatic hydroxyl groups is 1. The van der Waals surface area contributed by atoms with Crippen LogP contribution in [-0.2, 0) is 14.3 Å². The van der Waals surface area contributed by atoms with E-state index in [-0.39, 0.29) is 19.1 Å². The van der Waals surface area contributed by atoms with Gasteiger partial charge in [-0.1, -0.05) is 37.6 Å². The normalized spacial score (nSPS) is 13.1. The number of nitrogens with one attached hydrogen (secondary N) is 2. The molecule has 0 aliphatic carbocycles. The van der Waals surface area contributed by atoms with Gasteiger partial charge >= 0.3 is 6.09 Å². The van der Waals surface area contributed by atoms with Crippen LogP contribution in [0.3, 0.4) is 0 Å². The van der Waals surface area contributed by atoms with Gasteiger partial charge in [0, 0.05) is 13.1 Å².